The van der Waals surface area contributed by atoms with Crippen molar-refractivity contribution >= 4 is 33.3 Å². The number of anilines is 1. The van der Waals surface area contributed by atoms with Gasteiger partial charge in [0.2, 0.25) is 0 Å². The van der Waals surface area contributed by atoms with E-state index in [9.17, 15) is 26.4 Å². The minimum absolute atomic E-state index is 0.00669. The minimum atomic E-state index is -4.74. The van der Waals surface area contributed by atoms with Crippen LogP contribution < -0.4 is 13.8 Å². The number of nitrogens with zero attached hydrogens (tertiary/aromatic N) is 1. The Balaban J connectivity index is 1.84. The first-order valence-corrected chi connectivity index (χ1v) is 12.8. The lowest BCUT2D eigenvalue weighted by Gasteiger charge is -2.36. The van der Waals surface area contributed by atoms with Crippen molar-refractivity contribution in [1.82, 2.24) is 0 Å². The highest BCUT2D eigenvalue weighted by atomic mass is 35.5. The van der Waals surface area contributed by atoms with Gasteiger partial charge in [-0.1, -0.05) is 23.7 Å². The van der Waals surface area contributed by atoms with Crippen LogP contribution in [0.1, 0.15) is 18.4 Å². The normalized spacial score (nSPS) is 15.6. The number of rotatable bonds is 7. The van der Waals surface area contributed by atoms with Gasteiger partial charge in [-0.2, -0.15) is 13.2 Å². The van der Waals surface area contributed by atoms with Gasteiger partial charge < -0.3 is 14.6 Å². The lowest BCUT2D eigenvalue weighted by molar-refractivity contribution is -0.138. The molecule has 12 heteroatoms. The summed E-state index contributed by atoms with van der Waals surface area (Å²) in [6.45, 7) is -0.297. The van der Waals surface area contributed by atoms with E-state index in [0.717, 1.165) is 22.5 Å². The maximum atomic E-state index is 13.7. The molecule has 0 unspecified atom stereocenters. The van der Waals surface area contributed by atoms with E-state index in [2.05, 4.69) is 0 Å². The monoisotopic (exact) mass is 555 g/mol. The van der Waals surface area contributed by atoms with E-state index >= 15 is 0 Å². The molecule has 0 saturated carbocycles. The van der Waals surface area contributed by atoms with Gasteiger partial charge in [0, 0.05) is 17.0 Å². The number of carboxylic acids is 1. The third-order valence-electron chi connectivity index (χ3n) is 5.79. The SMILES string of the molecule is COc1ccc(Cl)cc1-c1ccc2c(c1)N(S(=O)(=O)c1cccc(C(F)(F)F)c1)C[C@H](CCC(=O)O)O2. The molecular weight excluding hydrogens is 535 g/mol. The number of fused-ring (bicyclic) bond motifs is 1. The Morgan fingerprint density at radius 2 is 1.92 bits per heavy atom. The van der Waals surface area contributed by atoms with Crippen molar-refractivity contribution in [2.75, 3.05) is 18.0 Å². The summed E-state index contributed by atoms with van der Waals surface area (Å²) in [6, 6.07) is 13.0. The molecule has 1 aliphatic rings. The van der Waals surface area contributed by atoms with Gasteiger partial charge in [0.05, 0.1) is 29.8 Å². The van der Waals surface area contributed by atoms with Gasteiger partial charge in [-0.25, -0.2) is 8.42 Å². The molecular formula is C25H21ClF3NO6S. The molecule has 1 N–H and O–H groups in total. The molecule has 3 aromatic rings. The lowest BCUT2D eigenvalue weighted by Crippen LogP contribution is -2.43. The van der Waals surface area contributed by atoms with Crippen molar-refractivity contribution in [3.8, 4) is 22.6 Å². The van der Waals surface area contributed by atoms with Crippen LogP contribution in [0.15, 0.2) is 65.6 Å². The number of alkyl halides is 3. The zero-order valence-corrected chi connectivity index (χ0v) is 20.9. The van der Waals surface area contributed by atoms with Gasteiger partial charge in [0.1, 0.15) is 17.6 Å². The first kappa shape index (κ1) is 26.6. The van der Waals surface area contributed by atoms with Gasteiger partial charge in [-0.15, -0.1) is 0 Å². The molecule has 1 heterocycles. The fraction of sp³-hybridized carbons (Fsp3) is 0.240. The zero-order chi connectivity index (χ0) is 27.0. The second kappa shape index (κ2) is 10.1. The number of halogens is 4. The molecule has 4 rings (SSSR count). The maximum absolute atomic E-state index is 13.7. The fourth-order valence-corrected chi connectivity index (χ4v) is 5.72. The number of ether oxygens (including phenoxy) is 2. The van der Waals surface area contributed by atoms with Crippen molar-refractivity contribution in [3.63, 3.8) is 0 Å². The molecule has 0 spiro atoms. The van der Waals surface area contributed by atoms with E-state index in [1.165, 1.54) is 19.2 Å². The summed E-state index contributed by atoms with van der Waals surface area (Å²) in [4.78, 5) is 10.5. The van der Waals surface area contributed by atoms with Crippen LogP contribution in [0.25, 0.3) is 11.1 Å². The highest BCUT2D eigenvalue weighted by Gasteiger charge is 2.37. The Hall–Kier alpha value is -3.44. The van der Waals surface area contributed by atoms with Crippen LogP contribution in [-0.4, -0.2) is 39.3 Å². The molecule has 7 nitrogen and oxygen atoms in total. The van der Waals surface area contributed by atoms with Gasteiger partial charge >= 0.3 is 12.1 Å². The molecule has 0 fully saturated rings. The van der Waals surface area contributed by atoms with E-state index in [0.29, 0.717) is 28.0 Å². The standard InChI is InChI=1S/C25H21ClF3NO6S/c1-35-22-9-6-17(26)13-20(22)15-5-8-23-21(11-15)30(14-18(36-23)7-10-24(31)32)37(33,34)19-4-2-3-16(12-19)25(27,28)29/h2-6,8-9,11-13,18H,7,10,14H2,1H3,(H,31,32)/t18-/m0/s1. The largest absolute Gasteiger partial charge is 0.496 e. The Morgan fingerprint density at radius 3 is 2.59 bits per heavy atom. The van der Waals surface area contributed by atoms with Crippen molar-refractivity contribution < 1.29 is 41.0 Å². The molecule has 3 aromatic carbocycles. The van der Waals surface area contributed by atoms with Crippen molar-refractivity contribution in [2.24, 2.45) is 0 Å². The molecule has 0 bridgehead atoms. The smallest absolute Gasteiger partial charge is 0.416 e. The molecule has 0 amide bonds. The fourth-order valence-electron chi connectivity index (χ4n) is 4.01. The molecule has 37 heavy (non-hydrogen) atoms. The summed E-state index contributed by atoms with van der Waals surface area (Å²) >= 11 is 6.15. The summed E-state index contributed by atoms with van der Waals surface area (Å²) in [5.74, 6) is -0.486. The topological polar surface area (TPSA) is 93.1 Å². The van der Waals surface area contributed by atoms with E-state index in [1.54, 1.807) is 24.3 Å². The van der Waals surface area contributed by atoms with Gasteiger partial charge in [0.25, 0.3) is 10.0 Å². The molecule has 0 saturated heterocycles. The molecule has 0 aromatic heterocycles. The molecule has 1 aliphatic heterocycles. The summed E-state index contributed by atoms with van der Waals surface area (Å²) in [7, 11) is -3.04. The van der Waals surface area contributed by atoms with Crippen LogP contribution in [0, 0.1) is 0 Å². The number of benzene rings is 3. The average molecular weight is 556 g/mol. The Labute approximate surface area is 216 Å². The van der Waals surface area contributed by atoms with E-state index < -0.39 is 38.7 Å². The van der Waals surface area contributed by atoms with Crippen LogP contribution in [0.2, 0.25) is 5.02 Å². The number of hydrogen-bond acceptors (Lipinski definition) is 5. The van der Waals surface area contributed by atoms with Crippen molar-refractivity contribution in [3.05, 3.63) is 71.2 Å². The lowest BCUT2D eigenvalue weighted by atomic mass is 10.0. The minimum Gasteiger partial charge on any atom is -0.496 e. The third kappa shape index (κ3) is 5.62. The van der Waals surface area contributed by atoms with Gasteiger partial charge in [0.15, 0.2) is 0 Å². The second-order valence-electron chi connectivity index (χ2n) is 8.26. The van der Waals surface area contributed by atoms with Crippen LogP contribution in [-0.2, 0) is 21.0 Å². The number of aliphatic carboxylic acids is 1. The molecule has 196 valence electrons. The second-order valence-corrected chi connectivity index (χ2v) is 10.6. The van der Waals surface area contributed by atoms with Gasteiger partial charge in [-0.05, 0) is 60.5 Å². The number of sulfonamides is 1. The van der Waals surface area contributed by atoms with Gasteiger partial charge in [-0.3, -0.25) is 9.10 Å². The van der Waals surface area contributed by atoms with Crippen LogP contribution in [0.4, 0.5) is 18.9 Å². The number of carbonyl (C=O) groups is 1. The Kier molecular flexibility index (Phi) is 7.29. The third-order valence-corrected chi connectivity index (χ3v) is 7.80. The number of hydrogen-bond donors (Lipinski definition) is 1. The van der Waals surface area contributed by atoms with Crippen molar-refractivity contribution in [1.29, 1.82) is 0 Å². The molecule has 1 atom stereocenters. The summed E-state index contributed by atoms with van der Waals surface area (Å²) < 4.78 is 79.5. The summed E-state index contributed by atoms with van der Waals surface area (Å²) in [6.07, 6.45) is -5.87. The predicted octanol–water partition coefficient (Wildman–Crippen LogP) is 5.86. The van der Waals surface area contributed by atoms with E-state index in [-0.39, 0.29) is 30.8 Å². The average Bonchev–Trinajstić information content (AvgIpc) is 2.86. The summed E-state index contributed by atoms with van der Waals surface area (Å²) in [5.41, 5.74) is 0.0579. The Morgan fingerprint density at radius 1 is 1.16 bits per heavy atom. The maximum Gasteiger partial charge on any atom is 0.416 e. The quantitative estimate of drug-likeness (QED) is 0.393. The first-order chi connectivity index (χ1) is 17.4. The van der Waals surface area contributed by atoms with Crippen LogP contribution >= 0.6 is 11.6 Å². The summed E-state index contributed by atoms with van der Waals surface area (Å²) in [5, 5.41) is 9.48. The zero-order valence-electron chi connectivity index (χ0n) is 19.3. The van der Waals surface area contributed by atoms with Crippen LogP contribution in [0.5, 0.6) is 11.5 Å². The highest BCUT2D eigenvalue weighted by molar-refractivity contribution is 7.92. The van der Waals surface area contributed by atoms with E-state index in [1.807, 2.05) is 0 Å². The van der Waals surface area contributed by atoms with Crippen molar-refractivity contribution in [2.45, 2.75) is 30.0 Å². The highest BCUT2D eigenvalue weighted by Crippen LogP contribution is 2.43. The molecule has 0 radical (unpaired) electrons. The van der Waals surface area contributed by atoms with Crippen LogP contribution in [0.3, 0.4) is 0 Å². The molecule has 0 aliphatic carbocycles. The number of carboxylic acid groups (broad SMARTS) is 1. The first-order valence-electron chi connectivity index (χ1n) is 11.0. The number of methoxy groups -OCH3 is 1. The predicted molar refractivity (Wildman–Crippen MR) is 131 cm³/mol. The Bertz CT molecular complexity index is 1440. The van der Waals surface area contributed by atoms with E-state index in [4.69, 9.17) is 26.2 Å².